The van der Waals surface area contributed by atoms with Gasteiger partial charge in [0, 0.05) is 6.42 Å². The first-order valence-corrected chi connectivity index (χ1v) is 6.44. The molecule has 1 unspecified atom stereocenters. The molecule has 1 aliphatic heterocycles. The third-order valence-electron chi connectivity index (χ3n) is 2.85. The van der Waals surface area contributed by atoms with Gasteiger partial charge in [-0.25, -0.2) is 4.79 Å². The normalized spacial score (nSPS) is 18.6. The largest absolute Gasteiger partial charge is 0.482 e. The molecule has 0 aromatic heterocycles. The number of hydrogen-bond donors (Lipinski definition) is 0. The number of esters is 1. The predicted octanol–water partition coefficient (Wildman–Crippen LogP) is 2.78. The van der Waals surface area contributed by atoms with Gasteiger partial charge in [-0.05, 0) is 30.5 Å². The first-order valence-electron chi connectivity index (χ1n) is 6.44. The number of carbonyl (C=O) groups is 1. The number of ether oxygens (including phenoxy) is 3. The Labute approximate surface area is 113 Å². The number of hydrogen-bond acceptors (Lipinski definition) is 4. The second-order valence-corrected chi connectivity index (χ2v) is 4.35. The van der Waals surface area contributed by atoms with E-state index in [0.717, 1.165) is 24.8 Å². The lowest BCUT2D eigenvalue weighted by Crippen LogP contribution is -2.27. The number of benzene rings is 1. The van der Waals surface area contributed by atoms with E-state index in [1.807, 2.05) is 18.2 Å². The van der Waals surface area contributed by atoms with E-state index in [1.54, 1.807) is 12.1 Å². The van der Waals surface area contributed by atoms with Gasteiger partial charge in [0.1, 0.15) is 5.75 Å². The van der Waals surface area contributed by atoms with Crippen LogP contribution in [-0.4, -0.2) is 25.5 Å². The summed E-state index contributed by atoms with van der Waals surface area (Å²) in [5, 5.41) is 0. The van der Waals surface area contributed by atoms with Crippen LogP contribution in [0.25, 0.3) is 6.08 Å². The van der Waals surface area contributed by atoms with Crippen molar-refractivity contribution in [2.75, 3.05) is 13.2 Å². The van der Waals surface area contributed by atoms with E-state index in [9.17, 15) is 4.79 Å². The summed E-state index contributed by atoms with van der Waals surface area (Å²) in [6, 6.07) is 7.37. The van der Waals surface area contributed by atoms with Crippen LogP contribution >= 0.6 is 0 Å². The van der Waals surface area contributed by atoms with E-state index in [1.165, 1.54) is 0 Å². The lowest BCUT2D eigenvalue weighted by atomic mass is 10.2. The van der Waals surface area contributed by atoms with Gasteiger partial charge in [-0.15, -0.1) is 0 Å². The minimum Gasteiger partial charge on any atom is -0.482 e. The summed E-state index contributed by atoms with van der Waals surface area (Å²) in [4.78, 5) is 11.6. The quantitative estimate of drug-likeness (QED) is 0.765. The zero-order valence-corrected chi connectivity index (χ0v) is 10.8. The second kappa shape index (κ2) is 6.95. The van der Waals surface area contributed by atoms with Crippen LogP contribution in [0.2, 0.25) is 0 Å². The van der Waals surface area contributed by atoms with Crippen molar-refractivity contribution in [3.05, 3.63) is 36.4 Å². The summed E-state index contributed by atoms with van der Waals surface area (Å²) < 4.78 is 15.9. The molecule has 0 spiro atoms. The molecule has 1 saturated heterocycles. The van der Waals surface area contributed by atoms with Gasteiger partial charge in [0.25, 0.3) is 0 Å². The molecule has 2 rings (SSSR count). The minimum atomic E-state index is -0.413. The Morgan fingerprint density at radius 2 is 2.37 bits per heavy atom. The maximum Gasteiger partial charge on any atom is 0.346 e. The van der Waals surface area contributed by atoms with Gasteiger partial charge in [0.15, 0.2) is 6.61 Å². The van der Waals surface area contributed by atoms with E-state index in [0.29, 0.717) is 12.4 Å². The van der Waals surface area contributed by atoms with Crippen molar-refractivity contribution in [3.8, 4) is 5.75 Å². The number of carbonyl (C=O) groups excluding carboxylic acids is 1. The summed E-state index contributed by atoms with van der Waals surface area (Å²) in [6.45, 7) is 4.22. The molecule has 4 nitrogen and oxygen atoms in total. The van der Waals surface area contributed by atoms with Crippen LogP contribution < -0.4 is 4.74 Å². The van der Waals surface area contributed by atoms with Crippen molar-refractivity contribution < 1.29 is 19.0 Å². The van der Waals surface area contributed by atoms with E-state index in [-0.39, 0.29) is 6.61 Å². The van der Waals surface area contributed by atoms with Crippen LogP contribution in [0, 0.1) is 0 Å². The average molecular weight is 262 g/mol. The van der Waals surface area contributed by atoms with Crippen molar-refractivity contribution >= 4 is 12.0 Å². The van der Waals surface area contributed by atoms with Crippen molar-refractivity contribution in [3.63, 3.8) is 0 Å². The Morgan fingerprint density at radius 1 is 1.47 bits per heavy atom. The zero-order chi connectivity index (χ0) is 13.5. The molecular weight excluding hydrogens is 244 g/mol. The fraction of sp³-hybridized carbons (Fsp3) is 0.400. The molecule has 0 amide bonds. The second-order valence-electron chi connectivity index (χ2n) is 4.35. The van der Waals surface area contributed by atoms with Gasteiger partial charge in [-0.3, -0.25) is 0 Å². The topological polar surface area (TPSA) is 44.8 Å². The van der Waals surface area contributed by atoms with E-state index in [2.05, 4.69) is 6.58 Å². The van der Waals surface area contributed by atoms with Crippen molar-refractivity contribution in [1.82, 2.24) is 0 Å². The molecule has 1 heterocycles. The van der Waals surface area contributed by atoms with Crippen LogP contribution in [-0.2, 0) is 14.3 Å². The van der Waals surface area contributed by atoms with Gasteiger partial charge in [-0.2, -0.15) is 0 Å². The first-order chi connectivity index (χ1) is 9.28. The molecular formula is C15H18O4. The fourth-order valence-corrected chi connectivity index (χ4v) is 1.86. The highest BCUT2D eigenvalue weighted by Gasteiger charge is 2.18. The molecule has 0 saturated carbocycles. The highest BCUT2D eigenvalue weighted by atomic mass is 16.7. The molecule has 102 valence electrons. The van der Waals surface area contributed by atoms with Crippen LogP contribution in [0.4, 0.5) is 0 Å². The molecule has 0 radical (unpaired) electrons. The van der Waals surface area contributed by atoms with Crippen molar-refractivity contribution in [2.24, 2.45) is 0 Å². The molecule has 1 aliphatic rings. The van der Waals surface area contributed by atoms with Crippen molar-refractivity contribution in [2.45, 2.75) is 25.6 Å². The molecule has 19 heavy (non-hydrogen) atoms. The molecule has 1 aromatic carbocycles. The Balaban J connectivity index is 1.77. The highest BCUT2D eigenvalue weighted by Crippen LogP contribution is 2.16. The van der Waals surface area contributed by atoms with Crippen LogP contribution in [0.15, 0.2) is 30.8 Å². The molecule has 0 N–H and O–H groups in total. The Bertz CT molecular complexity index is 436. The van der Waals surface area contributed by atoms with Gasteiger partial charge in [0.05, 0.1) is 6.61 Å². The van der Waals surface area contributed by atoms with Crippen LogP contribution in [0.3, 0.4) is 0 Å². The molecule has 1 atom stereocenters. The Hall–Kier alpha value is -1.81. The smallest absolute Gasteiger partial charge is 0.346 e. The Kier molecular flexibility index (Phi) is 4.98. The van der Waals surface area contributed by atoms with Crippen LogP contribution in [0.1, 0.15) is 24.8 Å². The Morgan fingerprint density at radius 3 is 3.11 bits per heavy atom. The van der Waals surface area contributed by atoms with Crippen molar-refractivity contribution in [1.29, 1.82) is 0 Å². The highest BCUT2D eigenvalue weighted by molar-refractivity contribution is 5.71. The lowest BCUT2D eigenvalue weighted by molar-refractivity contribution is -0.188. The standard InChI is InChI=1S/C15H18O4/c1-2-12-6-5-7-13(10-12)18-11-14(16)19-15-8-3-4-9-17-15/h2,5-7,10,15H,1,3-4,8-9,11H2. The van der Waals surface area contributed by atoms with E-state index in [4.69, 9.17) is 14.2 Å². The molecule has 0 aliphatic carbocycles. The molecule has 1 fully saturated rings. The molecule has 0 bridgehead atoms. The van der Waals surface area contributed by atoms with Gasteiger partial charge < -0.3 is 14.2 Å². The van der Waals surface area contributed by atoms with Gasteiger partial charge >= 0.3 is 5.97 Å². The fourth-order valence-electron chi connectivity index (χ4n) is 1.86. The maximum atomic E-state index is 11.6. The monoisotopic (exact) mass is 262 g/mol. The van der Waals surface area contributed by atoms with Gasteiger partial charge in [-0.1, -0.05) is 24.8 Å². The summed E-state index contributed by atoms with van der Waals surface area (Å²) in [5.41, 5.74) is 0.946. The predicted molar refractivity (Wildman–Crippen MR) is 71.7 cm³/mol. The third kappa shape index (κ3) is 4.41. The van der Waals surface area contributed by atoms with Gasteiger partial charge in [0.2, 0.25) is 6.29 Å². The van der Waals surface area contributed by atoms with E-state index >= 15 is 0 Å². The third-order valence-corrected chi connectivity index (χ3v) is 2.85. The molecule has 4 heteroatoms. The summed E-state index contributed by atoms with van der Waals surface area (Å²) in [6.07, 6.45) is 4.13. The van der Waals surface area contributed by atoms with E-state index < -0.39 is 12.3 Å². The van der Waals surface area contributed by atoms with Crippen LogP contribution in [0.5, 0.6) is 5.75 Å². The molecule has 1 aromatic rings. The first kappa shape index (κ1) is 13.6. The summed E-state index contributed by atoms with van der Waals surface area (Å²) >= 11 is 0. The summed E-state index contributed by atoms with van der Waals surface area (Å²) in [7, 11) is 0. The SMILES string of the molecule is C=Cc1cccc(OCC(=O)OC2CCCCO2)c1. The maximum absolute atomic E-state index is 11.6. The minimum absolute atomic E-state index is 0.111. The average Bonchev–Trinajstić information content (AvgIpc) is 2.46. The summed E-state index contributed by atoms with van der Waals surface area (Å²) in [5.74, 6) is 0.217. The zero-order valence-electron chi connectivity index (χ0n) is 10.8. The lowest BCUT2D eigenvalue weighted by Gasteiger charge is -2.22. The number of rotatable bonds is 5.